The van der Waals surface area contributed by atoms with Crippen LogP contribution in [-0.2, 0) is 9.47 Å². The van der Waals surface area contributed by atoms with Crippen LogP contribution >= 0.6 is 0 Å². The fourth-order valence-corrected chi connectivity index (χ4v) is 0.558. The molecular formula is C6H10F3N3O2. The van der Waals surface area contributed by atoms with Gasteiger partial charge in [0.25, 0.3) is 0 Å². The Labute approximate surface area is 78.4 Å². The van der Waals surface area contributed by atoms with E-state index in [4.69, 9.17) is 10.3 Å². The largest absolute Gasteiger partial charge is 0.411 e. The quantitative estimate of drug-likeness (QED) is 0.280. The Hall–Kier alpha value is -0.980. The van der Waals surface area contributed by atoms with Crippen LogP contribution in [0.25, 0.3) is 10.4 Å². The maximum absolute atomic E-state index is 11.5. The fraction of sp³-hybridized carbons (Fsp3) is 1.00. The molecule has 82 valence electrons. The summed E-state index contributed by atoms with van der Waals surface area (Å²) in [7, 11) is 0. The second-order valence-electron chi connectivity index (χ2n) is 2.23. The van der Waals surface area contributed by atoms with Crippen LogP contribution in [0.15, 0.2) is 5.11 Å². The normalized spacial score (nSPS) is 11.1. The molecule has 0 aliphatic carbocycles. The van der Waals surface area contributed by atoms with E-state index in [0.29, 0.717) is 0 Å². The highest BCUT2D eigenvalue weighted by molar-refractivity contribution is 4.46. The molecule has 0 bridgehead atoms. The van der Waals surface area contributed by atoms with E-state index < -0.39 is 12.8 Å². The van der Waals surface area contributed by atoms with Crippen LogP contribution in [0, 0.1) is 0 Å². The lowest BCUT2D eigenvalue weighted by Gasteiger charge is -2.07. The maximum atomic E-state index is 11.5. The average molecular weight is 213 g/mol. The highest BCUT2D eigenvalue weighted by Gasteiger charge is 2.27. The van der Waals surface area contributed by atoms with E-state index in [2.05, 4.69) is 14.8 Å². The van der Waals surface area contributed by atoms with Crippen molar-refractivity contribution in [2.45, 2.75) is 6.18 Å². The second-order valence-corrected chi connectivity index (χ2v) is 2.23. The predicted molar refractivity (Wildman–Crippen MR) is 41.7 cm³/mol. The van der Waals surface area contributed by atoms with Gasteiger partial charge in [-0.05, 0) is 5.53 Å². The number of ether oxygens (including phenoxy) is 2. The SMILES string of the molecule is [N-]=[N+]=NCCOCCOCC(F)(F)F. The van der Waals surface area contributed by atoms with Gasteiger partial charge in [-0.15, -0.1) is 0 Å². The van der Waals surface area contributed by atoms with E-state index in [1.807, 2.05) is 0 Å². The first-order valence-corrected chi connectivity index (χ1v) is 3.79. The Bertz CT molecular complexity index is 191. The van der Waals surface area contributed by atoms with Crippen LogP contribution in [0.1, 0.15) is 0 Å². The molecule has 14 heavy (non-hydrogen) atoms. The molecule has 0 rings (SSSR count). The molecule has 0 aromatic rings. The van der Waals surface area contributed by atoms with Crippen molar-refractivity contribution in [1.82, 2.24) is 0 Å². The number of rotatable bonds is 7. The van der Waals surface area contributed by atoms with Crippen LogP contribution in [0.4, 0.5) is 13.2 Å². The zero-order valence-electron chi connectivity index (χ0n) is 7.33. The maximum Gasteiger partial charge on any atom is 0.411 e. The summed E-state index contributed by atoms with van der Waals surface area (Å²) in [5.41, 5.74) is 7.85. The van der Waals surface area contributed by atoms with Crippen molar-refractivity contribution >= 4 is 0 Å². The number of alkyl halides is 3. The van der Waals surface area contributed by atoms with E-state index in [9.17, 15) is 13.2 Å². The lowest BCUT2D eigenvalue weighted by Crippen LogP contribution is -2.19. The van der Waals surface area contributed by atoms with E-state index in [0.717, 1.165) is 0 Å². The van der Waals surface area contributed by atoms with Gasteiger partial charge in [0.2, 0.25) is 0 Å². The van der Waals surface area contributed by atoms with Crippen molar-refractivity contribution in [1.29, 1.82) is 0 Å². The van der Waals surface area contributed by atoms with Gasteiger partial charge >= 0.3 is 6.18 Å². The molecule has 0 radical (unpaired) electrons. The molecule has 0 heterocycles. The molecule has 8 heteroatoms. The summed E-state index contributed by atoms with van der Waals surface area (Å²) < 4.78 is 43.6. The summed E-state index contributed by atoms with van der Waals surface area (Å²) in [6, 6.07) is 0. The molecule has 0 aliphatic heterocycles. The first-order chi connectivity index (χ1) is 6.56. The Morgan fingerprint density at radius 1 is 1.14 bits per heavy atom. The van der Waals surface area contributed by atoms with Crippen LogP contribution in [0.2, 0.25) is 0 Å². The monoisotopic (exact) mass is 213 g/mol. The van der Waals surface area contributed by atoms with Crippen molar-refractivity contribution in [2.75, 3.05) is 33.0 Å². The Kier molecular flexibility index (Phi) is 6.91. The van der Waals surface area contributed by atoms with Crippen molar-refractivity contribution in [2.24, 2.45) is 5.11 Å². The molecule has 0 aromatic heterocycles. The highest BCUT2D eigenvalue weighted by Crippen LogP contribution is 2.13. The van der Waals surface area contributed by atoms with E-state index in [1.165, 1.54) is 0 Å². The summed E-state index contributed by atoms with van der Waals surface area (Å²) in [6.07, 6.45) is -4.30. The summed E-state index contributed by atoms with van der Waals surface area (Å²) >= 11 is 0. The van der Waals surface area contributed by atoms with Gasteiger partial charge in [0.05, 0.1) is 19.8 Å². The molecule has 0 unspecified atom stereocenters. The molecule has 5 nitrogen and oxygen atoms in total. The molecule has 0 aromatic carbocycles. The Balaban J connectivity index is 3.10. The molecule has 0 fully saturated rings. The summed E-state index contributed by atoms with van der Waals surface area (Å²) in [5.74, 6) is 0. The summed E-state index contributed by atoms with van der Waals surface area (Å²) in [5, 5.41) is 3.16. The number of hydrogen-bond donors (Lipinski definition) is 0. The minimum Gasteiger partial charge on any atom is -0.379 e. The third-order valence-electron chi connectivity index (χ3n) is 1.04. The Morgan fingerprint density at radius 3 is 2.36 bits per heavy atom. The number of halogens is 3. The molecule has 0 spiro atoms. The van der Waals surface area contributed by atoms with Gasteiger partial charge in [-0.2, -0.15) is 13.2 Å². The topological polar surface area (TPSA) is 67.2 Å². The van der Waals surface area contributed by atoms with Crippen molar-refractivity contribution < 1.29 is 22.6 Å². The molecule has 0 N–H and O–H groups in total. The minimum absolute atomic E-state index is 0.0526. The van der Waals surface area contributed by atoms with Gasteiger partial charge in [-0.1, -0.05) is 5.11 Å². The van der Waals surface area contributed by atoms with Crippen molar-refractivity contribution in [3.05, 3.63) is 10.4 Å². The third kappa shape index (κ3) is 11.0. The first kappa shape index (κ1) is 13.0. The molecule has 0 amide bonds. The molecule has 0 aliphatic rings. The highest BCUT2D eigenvalue weighted by atomic mass is 19.4. The number of hydrogen-bond acceptors (Lipinski definition) is 3. The zero-order chi connectivity index (χ0) is 10.9. The number of nitrogens with zero attached hydrogens (tertiary/aromatic N) is 3. The third-order valence-corrected chi connectivity index (χ3v) is 1.04. The first-order valence-electron chi connectivity index (χ1n) is 3.79. The van der Waals surface area contributed by atoms with Gasteiger partial charge in [0.1, 0.15) is 6.61 Å². The molecule has 0 atom stereocenters. The molecular weight excluding hydrogens is 203 g/mol. The summed E-state index contributed by atoms with van der Waals surface area (Å²) in [6.45, 7) is -1.01. The average Bonchev–Trinajstić information content (AvgIpc) is 2.08. The minimum atomic E-state index is -4.30. The van der Waals surface area contributed by atoms with Crippen LogP contribution in [0.5, 0.6) is 0 Å². The lowest BCUT2D eigenvalue weighted by atomic mass is 10.6. The fourth-order valence-electron chi connectivity index (χ4n) is 0.558. The van der Waals surface area contributed by atoms with E-state index in [1.54, 1.807) is 0 Å². The zero-order valence-corrected chi connectivity index (χ0v) is 7.33. The van der Waals surface area contributed by atoms with Gasteiger partial charge in [0.15, 0.2) is 0 Å². The van der Waals surface area contributed by atoms with Crippen LogP contribution in [-0.4, -0.2) is 39.1 Å². The smallest absolute Gasteiger partial charge is 0.379 e. The van der Waals surface area contributed by atoms with Gasteiger partial charge in [0, 0.05) is 11.5 Å². The second kappa shape index (κ2) is 7.43. The summed E-state index contributed by atoms with van der Waals surface area (Å²) in [4.78, 5) is 2.47. The van der Waals surface area contributed by atoms with E-state index >= 15 is 0 Å². The van der Waals surface area contributed by atoms with Gasteiger partial charge < -0.3 is 9.47 Å². The molecule has 0 saturated heterocycles. The standard InChI is InChI=1S/C6H10F3N3O2/c7-6(8,9)5-14-4-3-13-2-1-11-12-10/h1-5H2. The molecule has 0 saturated carbocycles. The Morgan fingerprint density at radius 2 is 1.79 bits per heavy atom. The van der Waals surface area contributed by atoms with E-state index in [-0.39, 0.29) is 26.4 Å². The van der Waals surface area contributed by atoms with Crippen LogP contribution < -0.4 is 0 Å². The van der Waals surface area contributed by atoms with Gasteiger partial charge in [-0.3, -0.25) is 0 Å². The predicted octanol–water partition coefficient (Wildman–Crippen LogP) is 1.89. The number of azide groups is 1. The van der Waals surface area contributed by atoms with Gasteiger partial charge in [-0.25, -0.2) is 0 Å². The van der Waals surface area contributed by atoms with Crippen LogP contribution in [0.3, 0.4) is 0 Å². The van der Waals surface area contributed by atoms with Crippen molar-refractivity contribution in [3.63, 3.8) is 0 Å². The van der Waals surface area contributed by atoms with Crippen molar-refractivity contribution in [3.8, 4) is 0 Å². The lowest BCUT2D eigenvalue weighted by molar-refractivity contribution is -0.176.